The van der Waals surface area contributed by atoms with Gasteiger partial charge in [0.2, 0.25) is 0 Å². The van der Waals surface area contributed by atoms with Gasteiger partial charge in [-0.05, 0) is 32.4 Å². The Morgan fingerprint density at radius 3 is 2.72 bits per heavy atom. The molecule has 2 atom stereocenters. The molecule has 136 valence electrons. The molecule has 1 amide bonds. The summed E-state index contributed by atoms with van der Waals surface area (Å²) in [6, 6.07) is 7.46. The summed E-state index contributed by atoms with van der Waals surface area (Å²) in [6.45, 7) is 9.02. The van der Waals surface area contributed by atoms with Crippen molar-refractivity contribution in [3.05, 3.63) is 29.8 Å². The Hall–Kier alpha value is -1.92. The third kappa shape index (κ3) is 4.38. The van der Waals surface area contributed by atoms with Crippen LogP contribution in [0, 0.1) is 0 Å². The highest BCUT2D eigenvalue weighted by Crippen LogP contribution is 2.20. The van der Waals surface area contributed by atoms with E-state index in [0.717, 1.165) is 45.7 Å². The van der Waals surface area contributed by atoms with Crippen molar-refractivity contribution in [2.24, 2.45) is 0 Å². The first-order valence-electron chi connectivity index (χ1n) is 9.06. The maximum atomic E-state index is 12.7. The SMILES string of the molecule is CC(=O)c1cccc(OC(C)C(=O)N2CCC(N3CCNCC3)C2)c1. The summed E-state index contributed by atoms with van der Waals surface area (Å²) in [4.78, 5) is 28.6. The van der Waals surface area contributed by atoms with Gasteiger partial charge in [0, 0.05) is 50.9 Å². The van der Waals surface area contributed by atoms with Crippen LogP contribution in [0.3, 0.4) is 0 Å². The molecule has 6 nitrogen and oxygen atoms in total. The number of hydrogen-bond donors (Lipinski definition) is 1. The summed E-state index contributed by atoms with van der Waals surface area (Å²) in [5.74, 6) is 0.570. The quantitative estimate of drug-likeness (QED) is 0.812. The second-order valence-corrected chi connectivity index (χ2v) is 6.86. The fourth-order valence-electron chi connectivity index (χ4n) is 3.59. The fraction of sp³-hybridized carbons (Fsp3) is 0.579. The van der Waals surface area contributed by atoms with Crippen molar-refractivity contribution >= 4 is 11.7 Å². The van der Waals surface area contributed by atoms with E-state index < -0.39 is 6.10 Å². The average molecular weight is 345 g/mol. The number of ether oxygens (including phenoxy) is 1. The highest BCUT2D eigenvalue weighted by atomic mass is 16.5. The molecule has 0 aromatic heterocycles. The molecular formula is C19H27N3O3. The monoisotopic (exact) mass is 345 g/mol. The number of carbonyl (C=O) groups excluding carboxylic acids is 2. The Morgan fingerprint density at radius 2 is 2.00 bits per heavy atom. The van der Waals surface area contributed by atoms with Gasteiger partial charge in [-0.1, -0.05) is 12.1 Å². The van der Waals surface area contributed by atoms with E-state index in [1.165, 1.54) is 6.92 Å². The van der Waals surface area contributed by atoms with Gasteiger partial charge in [0.05, 0.1) is 0 Å². The lowest BCUT2D eigenvalue weighted by atomic mass is 10.1. The van der Waals surface area contributed by atoms with Crippen LogP contribution in [0.4, 0.5) is 0 Å². The summed E-state index contributed by atoms with van der Waals surface area (Å²) in [5, 5.41) is 3.36. The highest BCUT2D eigenvalue weighted by molar-refractivity contribution is 5.94. The molecule has 6 heteroatoms. The van der Waals surface area contributed by atoms with Crippen LogP contribution in [-0.2, 0) is 4.79 Å². The van der Waals surface area contributed by atoms with Crippen molar-refractivity contribution in [1.29, 1.82) is 0 Å². The summed E-state index contributed by atoms with van der Waals surface area (Å²) in [7, 11) is 0. The minimum absolute atomic E-state index is 0.0113. The van der Waals surface area contributed by atoms with Crippen molar-refractivity contribution < 1.29 is 14.3 Å². The topological polar surface area (TPSA) is 61.9 Å². The summed E-state index contributed by atoms with van der Waals surface area (Å²) in [6.07, 6.45) is 0.474. The van der Waals surface area contributed by atoms with Gasteiger partial charge in [-0.2, -0.15) is 0 Å². The Balaban J connectivity index is 1.55. The number of piperazine rings is 1. The van der Waals surface area contributed by atoms with Crippen molar-refractivity contribution in [2.45, 2.75) is 32.4 Å². The summed E-state index contributed by atoms with van der Waals surface area (Å²) >= 11 is 0. The van der Waals surface area contributed by atoms with Crippen LogP contribution >= 0.6 is 0 Å². The minimum atomic E-state index is -0.552. The van der Waals surface area contributed by atoms with Gasteiger partial charge in [0.25, 0.3) is 5.91 Å². The number of nitrogens with one attached hydrogen (secondary N) is 1. The highest BCUT2D eigenvalue weighted by Gasteiger charge is 2.33. The Kier molecular flexibility index (Phi) is 5.71. The number of likely N-dealkylation sites (tertiary alicyclic amines) is 1. The normalized spacial score (nSPS) is 22.6. The van der Waals surface area contributed by atoms with Crippen LogP contribution in [0.25, 0.3) is 0 Å². The van der Waals surface area contributed by atoms with Gasteiger partial charge >= 0.3 is 0 Å². The predicted octanol–water partition coefficient (Wildman–Crippen LogP) is 1.16. The second-order valence-electron chi connectivity index (χ2n) is 6.86. The van der Waals surface area contributed by atoms with Crippen LogP contribution < -0.4 is 10.1 Å². The molecule has 2 aliphatic heterocycles. The summed E-state index contributed by atoms with van der Waals surface area (Å²) in [5.41, 5.74) is 0.595. The van der Waals surface area contributed by atoms with Crippen molar-refractivity contribution in [1.82, 2.24) is 15.1 Å². The first-order chi connectivity index (χ1) is 12.0. The molecule has 1 N–H and O–H groups in total. The second kappa shape index (κ2) is 7.97. The van der Waals surface area contributed by atoms with Gasteiger partial charge in [-0.3, -0.25) is 14.5 Å². The van der Waals surface area contributed by atoms with Gasteiger partial charge < -0.3 is 15.0 Å². The molecule has 25 heavy (non-hydrogen) atoms. The number of carbonyl (C=O) groups is 2. The minimum Gasteiger partial charge on any atom is -0.481 e. The van der Waals surface area contributed by atoms with Gasteiger partial charge in [0.1, 0.15) is 5.75 Å². The lowest BCUT2D eigenvalue weighted by Crippen LogP contribution is -2.50. The van der Waals surface area contributed by atoms with Crippen molar-refractivity contribution in [3.8, 4) is 5.75 Å². The lowest BCUT2D eigenvalue weighted by molar-refractivity contribution is -0.137. The molecule has 1 aromatic carbocycles. The van der Waals surface area contributed by atoms with E-state index in [2.05, 4.69) is 10.2 Å². The zero-order chi connectivity index (χ0) is 17.8. The Bertz CT molecular complexity index is 628. The molecule has 0 saturated carbocycles. The molecule has 2 fully saturated rings. The third-order valence-corrected chi connectivity index (χ3v) is 5.04. The number of ketones is 1. The average Bonchev–Trinajstić information content (AvgIpc) is 3.12. The van der Waals surface area contributed by atoms with Gasteiger partial charge in [-0.15, -0.1) is 0 Å². The standard InChI is InChI=1S/C19H27N3O3/c1-14(23)16-4-3-5-18(12-16)25-15(2)19(24)22-9-6-17(13-22)21-10-7-20-8-11-21/h3-5,12,15,17,20H,6-11,13H2,1-2H3. The van der Waals surface area contributed by atoms with Crippen LogP contribution in [0.1, 0.15) is 30.6 Å². The van der Waals surface area contributed by atoms with Crippen LogP contribution in [0.2, 0.25) is 0 Å². The maximum Gasteiger partial charge on any atom is 0.263 e. The lowest BCUT2D eigenvalue weighted by Gasteiger charge is -2.32. The third-order valence-electron chi connectivity index (χ3n) is 5.04. The van der Waals surface area contributed by atoms with E-state index in [-0.39, 0.29) is 11.7 Å². The van der Waals surface area contributed by atoms with Crippen LogP contribution in [0.15, 0.2) is 24.3 Å². The molecule has 0 radical (unpaired) electrons. The number of rotatable bonds is 5. The number of Topliss-reactive ketones (excluding diaryl/α,β-unsaturated/α-hetero) is 1. The summed E-state index contributed by atoms with van der Waals surface area (Å²) < 4.78 is 5.79. The van der Waals surface area contributed by atoms with E-state index in [1.807, 2.05) is 4.90 Å². The number of benzene rings is 1. The van der Waals surface area contributed by atoms with E-state index >= 15 is 0 Å². The van der Waals surface area contributed by atoms with E-state index in [9.17, 15) is 9.59 Å². The first kappa shape index (κ1) is 17.9. The number of nitrogens with zero attached hydrogens (tertiary/aromatic N) is 2. The number of amides is 1. The smallest absolute Gasteiger partial charge is 0.263 e. The Morgan fingerprint density at radius 1 is 1.24 bits per heavy atom. The zero-order valence-electron chi connectivity index (χ0n) is 15.0. The van der Waals surface area contributed by atoms with Crippen molar-refractivity contribution in [3.63, 3.8) is 0 Å². The zero-order valence-corrected chi connectivity index (χ0v) is 15.0. The molecule has 0 spiro atoms. The molecule has 2 aliphatic rings. The van der Waals surface area contributed by atoms with E-state index in [4.69, 9.17) is 4.74 Å². The molecule has 3 rings (SSSR count). The van der Waals surface area contributed by atoms with Crippen molar-refractivity contribution in [2.75, 3.05) is 39.3 Å². The first-order valence-corrected chi connectivity index (χ1v) is 9.06. The molecule has 1 aromatic rings. The maximum absolute atomic E-state index is 12.7. The molecule has 0 aliphatic carbocycles. The van der Waals surface area contributed by atoms with Gasteiger partial charge in [-0.25, -0.2) is 0 Å². The fourth-order valence-corrected chi connectivity index (χ4v) is 3.59. The molecule has 2 heterocycles. The largest absolute Gasteiger partial charge is 0.481 e. The molecule has 2 unspecified atom stereocenters. The van der Waals surface area contributed by atoms with E-state index in [1.54, 1.807) is 31.2 Å². The van der Waals surface area contributed by atoms with Crippen LogP contribution in [-0.4, -0.2) is 72.9 Å². The predicted molar refractivity (Wildman–Crippen MR) is 96.0 cm³/mol. The van der Waals surface area contributed by atoms with Crippen LogP contribution in [0.5, 0.6) is 5.75 Å². The Labute approximate surface area is 149 Å². The van der Waals surface area contributed by atoms with Gasteiger partial charge in [0.15, 0.2) is 11.9 Å². The van der Waals surface area contributed by atoms with E-state index in [0.29, 0.717) is 17.4 Å². The number of hydrogen-bond acceptors (Lipinski definition) is 5. The molecule has 2 saturated heterocycles. The molecular weight excluding hydrogens is 318 g/mol. The molecule has 0 bridgehead atoms.